The van der Waals surface area contributed by atoms with Crippen LogP contribution in [0.4, 0.5) is 0 Å². The van der Waals surface area contributed by atoms with Gasteiger partial charge in [0, 0.05) is 19.3 Å². The summed E-state index contributed by atoms with van der Waals surface area (Å²) in [5, 5.41) is 0. The van der Waals surface area contributed by atoms with Gasteiger partial charge in [0.25, 0.3) is 0 Å². The van der Waals surface area contributed by atoms with Gasteiger partial charge in [-0.15, -0.1) is 0 Å². The number of rotatable bonds is 47. The number of allylic oxidation sites excluding steroid dienone is 16. The highest BCUT2D eigenvalue weighted by atomic mass is 16.6. The molecule has 0 radical (unpaired) electrons. The number of esters is 3. The minimum atomic E-state index is -0.824. The normalized spacial score (nSPS) is 12.8. The fourth-order valence-electron chi connectivity index (χ4n) is 6.96. The van der Waals surface area contributed by atoms with Crippen LogP contribution < -0.4 is 0 Å². The third-order valence-corrected chi connectivity index (χ3v) is 11.0. The Morgan fingerprint density at radius 2 is 0.600 bits per heavy atom. The van der Waals surface area contributed by atoms with Crippen molar-refractivity contribution in [2.24, 2.45) is 0 Å². The lowest BCUT2D eigenvalue weighted by Crippen LogP contribution is -2.30. The lowest BCUT2D eigenvalue weighted by molar-refractivity contribution is -0.166. The van der Waals surface area contributed by atoms with Crippen LogP contribution in [0.25, 0.3) is 0 Å². The second-order valence-electron chi connectivity index (χ2n) is 17.4. The smallest absolute Gasteiger partial charge is 0.306 e. The zero-order chi connectivity index (χ0) is 47.2. The highest BCUT2D eigenvalue weighted by Crippen LogP contribution is 2.13. The summed E-state index contributed by atoms with van der Waals surface area (Å²) in [5.41, 5.74) is 0. The summed E-state index contributed by atoms with van der Waals surface area (Å²) in [6.45, 7) is 6.46. The van der Waals surface area contributed by atoms with Gasteiger partial charge in [0.15, 0.2) is 6.10 Å². The molecule has 0 unspecified atom stereocenters. The molecule has 0 aliphatic carbocycles. The monoisotopic (exact) mass is 903 g/mol. The van der Waals surface area contributed by atoms with E-state index in [1.807, 2.05) is 12.2 Å². The lowest BCUT2D eigenvalue weighted by atomic mass is 10.1. The topological polar surface area (TPSA) is 78.9 Å². The summed E-state index contributed by atoms with van der Waals surface area (Å²) in [5.74, 6) is -1.02. The molecule has 0 rings (SSSR count). The lowest BCUT2D eigenvalue weighted by Gasteiger charge is -2.18. The summed E-state index contributed by atoms with van der Waals surface area (Å²) >= 11 is 0. The number of carbonyl (C=O) groups excluding carboxylic acids is 3. The fraction of sp³-hybridized carbons (Fsp3) is 0.678. The van der Waals surface area contributed by atoms with E-state index in [1.54, 1.807) is 0 Å². The maximum absolute atomic E-state index is 12.8. The largest absolute Gasteiger partial charge is 0.462 e. The number of ether oxygens (including phenoxy) is 3. The van der Waals surface area contributed by atoms with Crippen molar-refractivity contribution in [2.45, 2.75) is 245 Å². The van der Waals surface area contributed by atoms with Gasteiger partial charge in [-0.1, -0.05) is 208 Å². The van der Waals surface area contributed by atoms with Crippen LogP contribution in [-0.4, -0.2) is 37.2 Å². The van der Waals surface area contributed by atoms with Gasteiger partial charge in [0.2, 0.25) is 0 Å². The number of hydrogen-bond donors (Lipinski definition) is 0. The van der Waals surface area contributed by atoms with Crippen molar-refractivity contribution in [3.8, 4) is 0 Å². The molecule has 0 fully saturated rings. The molecular weight excluding hydrogens is 805 g/mol. The van der Waals surface area contributed by atoms with Crippen LogP contribution in [0.3, 0.4) is 0 Å². The summed E-state index contributed by atoms with van der Waals surface area (Å²) in [6.07, 6.45) is 69.7. The van der Waals surface area contributed by atoms with E-state index < -0.39 is 12.1 Å². The van der Waals surface area contributed by atoms with Crippen LogP contribution in [0.5, 0.6) is 0 Å². The Morgan fingerprint density at radius 3 is 0.985 bits per heavy atom. The molecule has 0 saturated heterocycles. The Balaban J connectivity index is 4.51. The van der Waals surface area contributed by atoms with E-state index in [1.165, 1.54) is 103 Å². The molecule has 6 nitrogen and oxygen atoms in total. The van der Waals surface area contributed by atoms with Gasteiger partial charge < -0.3 is 14.2 Å². The van der Waals surface area contributed by atoms with E-state index >= 15 is 0 Å². The van der Waals surface area contributed by atoms with Crippen LogP contribution >= 0.6 is 0 Å². The molecule has 0 heterocycles. The molecule has 0 saturated carbocycles. The number of unbranched alkanes of at least 4 members (excludes halogenated alkanes) is 20. The minimum absolute atomic E-state index is 0.115. The minimum Gasteiger partial charge on any atom is -0.462 e. The van der Waals surface area contributed by atoms with Gasteiger partial charge in [0.1, 0.15) is 13.2 Å². The molecule has 0 N–H and O–H groups in total. The predicted octanol–water partition coefficient (Wildman–Crippen LogP) is 17.8. The first-order valence-corrected chi connectivity index (χ1v) is 26.7. The Hall–Kier alpha value is -3.67. The third-order valence-electron chi connectivity index (χ3n) is 11.0. The first-order chi connectivity index (χ1) is 32.0. The number of hydrogen-bond acceptors (Lipinski definition) is 6. The van der Waals surface area contributed by atoms with Crippen LogP contribution in [0, 0.1) is 0 Å². The van der Waals surface area contributed by atoms with E-state index in [-0.39, 0.29) is 31.6 Å². The van der Waals surface area contributed by atoms with Gasteiger partial charge in [0.05, 0.1) is 0 Å². The van der Waals surface area contributed by atoms with Gasteiger partial charge in [-0.25, -0.2) is 0 Å². The second-order valence-corrected chi connectivity index (χ2v) is 17.4. The van der Waals surface area contributed by atoms with Crippen molar-refractivity contribution in [1.29, 1.82) is 0 Å². The van der Waals surface area contributed by atoms with E-state index in [9.17, 15) is 14.4 Å². The maximum Gasteiger partial charge on any atom is 0.306 e. The summed E-state index contributed by atoms with van der Waals surface area (Å²) < 4.78 is 16.7. The first-order valence-electron chi connectivity index (χ1n) is 26.7. The first kappa shape index (κ1) is 61.3. The van der Waals surface area contributed by atoms with Crippen molar-refractivity contribution in [2.75, 3.05) is 13.2 Å². The summed E-state index contributed by atoms with van der Waals surface area (Å²) in [6, 6.07) is 0. The van der Waals surface area contributed by atoms with Gasteiger partial charge in [-0.05, 0) is 109 Å². The van der Waals surface area contributed by atoms with Crippen molar-refractivity contribution >= 4 is 17.9 Å². The Kier molecular flexibility index (Phi) is 50.0. The van der Waals surface area contributed by atoms with Crippen LogP contribution in [-0.2, 0) is 28.6 Å². The van der Waals surface area contributed by atoms with Gasteiger partial charge >= 0.3 is 17.9 Å². The van der Waals surface area contributed by atoms with Crippen molar-refractivity contribution < 1.29 is 28.6 Å². The summed E-state index contributed by atoms with van der Waals surface area (Å²) in [4.78, 5) is 38.0. The van der Waals surface area contributed by atoms with Crippen molar-refractivity contribution in [1.82, 2.24) is 0 Å². The van der Waals surface area contributed by atoms with Gasteiger partial charge in [-0.3, -0.25) is 14.4 Å². The van der Waals surface area contributed by atoms with Crippen molar-refractivity contribution in [3.05, 3.63) is 97.2 Å². The van der Waals surface area contributed by atoms with Crippen LogP contribution in [0.1, 0.15) is 239 Å². The molecule has 1 atom stereocenters. The van der Waals surface area contributed by atoms with E-state index in [0.29, 0.717) is 19.3 Å². The predicted molar refractivity (Wildman–Crippen MR) is 279 cm³/mol. The molecule has 6 heteroatoms. The molecule has 370 valence electrons. The molecule has 65 heavy (non-hydrogen) atoms. The zero-order valence-corrected chi connectivity index (χ0v) is 42.2. The van der Waals surface area contributed by atoms with Crippen LogP contribution in [0.2, 0.25) is 0 Å². The quantitative estimate of drug-likeness (QED) is 0.0262. The fourth-order valence-corrected chi connectivity index (χ4v) is 6.96. The molecule has 0 spiro atoms. The molecule has 0 aromatic carbocycles. The molecule has 0 aromatic rings. The molecule has 0 bridgehead atoms. The van der Waals surface area contributed by atoms with E-state index in [2.05, 4.69) is 106 Å². The van der Waals surface area contributed by atoms with Crippen molar-refractivity contribution in [3.63, 3.8) is 0 Å². The average molecular weight is 903 g/mol. The molecule has 0 aliphatic heterocycles. The van der Waals surface area contributed by atoms with Gasteiger partial charge in [-0.2, -0.15) is 0 Å². The molecule has 0 amide bonds. The second kappa shape index (κ2) is 52.9. The molecular formula is C59H98O6. The Morgan fingerprint density at radius 1 is 0.308 bits per heavy atom. The average Bonchev–Trinajstić information content (AvgIpc) is 3.30. The SMILES string of the molecule is CCCC/C=C\CCCCCCCC(=O)OC[C@@H](COC(=O)CCCCCCCCC/C=C\C/C=C\CCCCC)OC(=O)CC/C=C\C/C=C\C/C=C\C/C=C\C/C=C\CCCCC. The maximum atomic E-state index is 12.8. The Labute approximate surface area is 400 Å². The molecule has 0 aromatic heterocycles. The third kappa shape index (κ3) is 51.2. The number of carbonyl (C=O) groups is 3. The van der Waals surface area contributed by atoms with E-state index in [4.69, 9.17) is 14.2 Å². The zero-order valence-electron chi connectivity index (χ0n) is 42.2. The van der Waals surface area contributed by atoms with Crippen LogP contribution in [0.15, 0.2) is 97.2 Å². The summed E-state index contributed by atoms with van der Waals surface area (Å²) in [7, 11) is 0. The standard InChI is InChI=1S/C59H98O6/c1-4-7-10-13-16-19-22-24-26-28-29-31-33-35-38-41-44-47-50-53-59(62)65-56(54-63-57(60)51-48-45-42-39-36-21-18-15-12-9-6-3)55-64-58(61)52-49-46-43-40-37-34-32-30-27-25-23-20-17-14-11-8-5-2/h15-20,24-27,29,31,35,38,44,47,56H,4-14,21-23,28,30,32-34,36-37,39-43,45-46,48-55H2,1-3H3/b18-15-,19-16-,20-17-,26-24-,27-25-,31-29-,38-35-,47-44-/t56-/m0/s1. The Bertz CT molecular complexity index is 1310. The molecule has 0 aliphatic rings. The highest BCUT2D eigenvalue weighted by molar-refractivity contribution is 5.71. The highest BCUT2D eigenvalue weighted by Gasteiger charge is 2.19. The van der Waals surface area contributed by atoms with E-state index in [0.717, 1.165) is 89.9 Å².